The first-order valence-electron chi connectivity index (χ1n) is 8.28. The summed E-state index contributed by atoms with van der Waals surface area (Å²) in [6.07, 6.45) is 0. The molecule has 0 aliphatic carbocycles. The number of rotatable bonds is 5. The molecular formula is C18H31NO2Si. The van der Waals surface area contributed by atoms with Crippen molar-refractivity contribution in [1.82, 2.24) is 4.90 Å². The van der Waals surface area contributed by atoms with Crippen LogP contribution in [-0.4, -0.2) is 46.1 Å². The fourth-order valence-electron chi connectivity index (χ4n) is 2.78. The average molecular weight is 322 g/mol. The fraction of sp³-hybridized carbons (Fsp3) is 0.667. The van der Waals surface area contributed by atoms with E-state index in [0.29, 0.717) is 11.1 Å². The van der Waals surface area contributed by atoms with Crippen molar-refractivity contribution in [3.63, 3.8) is 0 Å². The van der Waals surface area contributed by atoms with Crippen LogP contribution in [0, 0.1) is 0 Å². The first-order chi connectivity index (χ1) is 10.3. The van der Waals surface area contributed by atoms with Crippen LogP contribution in [0.15, 0.2) is 30.3 Å². The average Bonchev–Trinajstić information content (AvgIpc) is 2.46. The van der Waals surface area contributed by atoms with Gasteiger partial charge in [-0.25, -0.2) is 0 Å². The second-order valence-electron chi connectivity index (χ2n) is 8.00. The van der Waals surface area contributed by atoms with Crippen molar-refractivity contribution in [2.75, 3.05) is 19.8 Å². The number of ether oxygens (including phenoxy) is 1. The first kappa shape index (κ1) is 17.7. The van der Waals surface area contributed by atoms with Crippen LogP contribution in [0.3, 0.4) is 0 Å². The largest absolute Gasteiger partial charge is 0.417 e. The molecule has 0 bridgehead atoms. The molecule has 1 aromatic carbocycles. The van der Waals surface area contributed by atoms with E-state index in [1.807, 2.05) is 0 Å². The van der Waals surface area contributed by atoms with E-state index in [-0.39, 0.29) is 5.60 Å². The lowest BCUT2D eigenvalue weighted by atomic mass is 9.96. The van der Waals surface area contributed by atoms with Crippen LogP contribution in [0.4, 0.5) is 0 Å². The summed E-state index contributed by atoms with van der Waals surface area (Å²) in [5.41, 5.74) is 1.20. The summed E-state index contributed by atoms with van der Waals surface area (Å²) in [5, 5.41) is 0.317. The van der Waals surface area contributed by atoms with Crippen molar-refractivity contribution in [3.05, 3.63) is 35.9 Å². The van der Waals surface area contributed by atoms with Gasteiger partial charge >= 0.3 is 0 Å². The maximum atomic E-state index is 6.42. The van der Waals surface area contributed by atoms with E-state index in [2.05, 4.69) is 69.9 Å². The molecule has 0 saturated carbocycles. The molecule has 3 nitrogen and oxygen atoms in total. The molecule has 0 N–H and O–H groups in total. The van der Waals surface area contributed by atoms with Gasteiger partial charge in [0.2, 0.25) is 0 Å². The summed E-state index contributed by atoms with van der Waals surface area (Å²) in [7, 11) is -0.575. The third-order valence-electron chi connectivity index (χ3n) is 4.15. The van der Waals surface area contributed by atoms with Crippen molar-refractivity contribution < 1.29 is 9.16 Å². The molecular weight excluding hydrogens is 290 g/mol. The van der Waals surface area contributed by atoms with Gasteiger partial charge in [0.15, 0.2) is 9.76 Å². The summed E-state index contributed by atoms with van der Waals surface area (Å²) < 4.78 is 12.2. The van der Waals surface area contributed by atoms with Gasteiger partial charge in [-0.1, -0.05) is 51.1 Å². The van der Waals surface area contributed by atoms with Gasteiger partial charge in [-0.15, -0.1) is 0 Å². The lowest BCUT2D eigenvalue weighted by Crippen LogP contribution is -2.57. The molecule has 1 heterocycles. The van der Waals surface area contributed by atoms with Crippen molar-refractivity contribution in [2.45, 2.75) is 57.8 Å². The Kier molecular flexibility index (Phi) is 5.83. The Morgan fingerprint density at radius 3 is 2.50 bits per heavy atom. The zero-order valence-corrected chi connectivity index (χ0v) is 16.2. The number of hydrogen-bond acceptors (Lipinski definition) is 3. The highest BCUT2D eigenvalue weighted by molar-refractivity contribution is 6.31. The third kappa shape index (κ3) is 5.20. The quantitative estimate of drug-likeness (QED) is 0.778. The Bertz CT molecular complexity index is 456. The number of nitrogens with zero attached hydrogens (tertiary/aromatic N) is 1. The predicted octanol–water partition coefficient (Wildman–Crippen LogP) is 2.98. The van der Waals surface area contributed by atoms with Crippen molar-refractivity contribution in [1.29, 1.82) is 0 Å². The fourth-order valence-corrected chi connectivity index (χ4v) is 3.78. The van der Waals surface area contributed by atoms with Crippen LogP contribution in [-0.2, 0) is 15.7 Å². The van der Waals surface area contributed by atoms with Crippen molar-refractivity contribution in [2.24, 2.45) is 0 Å². The molecule has 0 amide bonds. The molecule has 0 radical (unpaired) electrons. The zero-order valence-electron chi connectivity index (χ0n) is 14.8. The Hall–Kier alpha value is -0.683. The van der Waals surface area contributed by atoms with Crippen molar-refractivity contribution >= 4 is 9.76 Å². The standard InChI is InChI=1S/C18H31NO2Si/c1-17(2,3)22-21-18(4,5)16-14-20-12-11-19(16)13-15-9-7-6-8-10-15/h6-10,16H,11-14,22H2,1-5H3. The summed E-state index contributed by atoms with van der Waals surface area (Å²) in [6.45, 7) is 14.8. The van der Waals surface area contributed by atoms with E-state index in [4.69, 9.17) is 9.16 Å². The highest BCUT2D eigenvalue weighted by atomic mass is 28.2. The Morgan fingerprint density at radius 2 is 1.86 bits per heavy atom. The molecule has 22 heavy (non-hydrogen) atoms. The molecule has 4 heteroatoms. The van der Waals surface area contributed by atoms with Gasteiger partial charge in [0, 0.05) is 13.1 Å². The highest BCUT2D eigenvalue weighted by Gasteiger charge is 2.37. The van der Waals surface area contributed by atoms with Crippen LogP contribution in [0.2, 0.25) is 5.04 Å². The monoisotopic (exact) mass is 321 g/mol. The summed E-state index contributed by atoms with van der Waals surface area (Å²) in [5.74, 6) is 0. The van der Waals surface area contributed by atoms with Crippen molar-refractivity contribution in [3.8, 4) is 0 Å². The van der Waals surface area contributed by atoms with E-state index < -0.39 is 9.76 Å². The van der Waals surface area contributed by atoms with Crippen LogP contribution in [0.25, 0.3) is 0 Å². The second-order valence-corrected chi connectivity index (χ2v) is 10.7. The lowest BCUT2D eigenvalue weighted by Gasteiger charge is -2.45. The molecule has 0 aromatic heterocycles. The van der Waals surface area contributed by atoms with Crippen LogP contribution in [0.1, 0.15) is 40.2 Å². The molecule has 1 unspecified atom stereocenters. The highest BCUT2D eigenvalue weighted by Crippen LogP contribution is 2.28. The van der Waals surface area contributed by atoms with E-state index >= 15 is 0 Å². The van der Waals surface area contributed by atoms with Gasteiger partial charge in [0.1, 0.15) is 0 Å². The SMILES string of the molecule is CC(C)(C)[SiH2]OC(C)(C)C1COCCN1Cc1ccccc1. The minimum atomic E-state index is -0.575. The van der Waals surface area contributed by atoms with Crippen LogP contribution < -0.4 is 0 Å². The minimum absolute atomic E-state index is 0.158. The van der Waals surface area contributed by atoms with Gasteiger partial charge in [-0.2, -0.15) is 0 Å². The smallest absolute Gasteiger partial charge is 0.167 e. The first-order valence-corrected chi connectivity index (χ1v) is 9.56. The zero-order chi connectivity index (χ0) is 16.2. The van der Waals surface area contributed by atoms with Gasteiger partial charge in [-0.3, -0.25) is 4.90 Å². The summed E-state index contributed by atoms with van der Waals surface area (Å²) in [6, 6.07) is 11.0. The third-order valence-corrected chi connectivity index (χ3v) is 5.90. The van der Waals surface area contributed by atoms with E-state index in [9.17, 15) is 0 Å². The maximum absolute atomic E-state index is 6.42. The van der Waals surface area contributed by atoms with Gasteiger partial charge < -0.3 is 9.16 Å². The topological polar surface area (TPSA) is 21.7 Å². The minimum Gasteiger partial charge on any atom is -0.417 e. The second kappa shape index (κ2) is 7.26. The van der Waals surface area contributed by atoms with Gasteiger partial charge in [0.05, 0.1) is 24.9 Å². The van der Waals surface area contributed by atoms with Gasteiger partial charge in [-0.05, 0) is 24.4 Å². The van der Waals surface area contributed by atoms with Gasteiger partial charge in [0.25, 0.3) is 0 Å². The molecule has 1 fully saturated rings. The maximum Gasteiger partial charge on any atom is 0.167 e. The summed E-state index contributed by atoms with van der Waals surface area (Å²) in [4.78, 5) is 2.52. The Morgan fingerprint density at radius 1 is 1.18 bits per heavy atom. The molecule has 2 rings (SSSR count). The van der Waals surface area contributed by atoms with Crippen LogP contribution in [0.5, 0.6) is 0 Å². The lowest BCUT2D eigenvalue weighted by molar-refractivity contribution is -0.0879. The number of hydrogen-bond donors (Lipinski definition) is 0. The Balaban J connectivity index is 2.05. The molecule has 0 spiro atoms. The summed E-state index contributed by atoms with van der Waals surface area (Å²) >= 11 is 0. The van der Waals surface area contributed by atoms with E-state index in [0.717, 1.165) is 26.3 Å². The molecule has 124 valence electrons. The molecule has 1 aliphatic rings. The molecule has 1 aromatic rings. The predicted molar refractivity (Wildman–Crippen MR) is 94.9 cm³/mol. The Labute approximate surface area is 137 Å². The van der Waals surface area contributed by atoms with E-state index in [1.165, 1.54) is 5.56 Å². The molecule has 1 aliphatic heterocycles. The number of benzene rings is 1. The van der Waals surface area contributed by atoms with E-state index in [1.54, 1.807) is 0 Å². The van der Waals surface area contributed by atoms with Crippen LogP contribution >= 0.6 is 0 Å². The normalized spacial score (nSPS) is 21.6. The molecule has 1 atom stereocenters. The molecule has 1 saturated heterocycles. The number of morpholine rings is 1.